The fraction of sp³-hybridized carbons (Fsp3) is 1.00. The van der Waals surface area contributed by atoms with Crippen molar-refractivity contribution >= 4 is 8.53 Å². The third-order valence-corrected chi connectivity index (χ3v) is 3.06. The molecule has 0 aliphatic carbocycles. The number of hydrogen-bond donors (Lipinski definition) is 1. The number of hydrogen-bond acceptors (Lipinski definition) is 3. The van der Waals surface area contributed by atoms with Crippen LogP contribution < -0.4 is 0 Å². The van der Waals surface area contributed by atoms with Crippen molar-refractivity contribution in [3.8, 4) is 0 Å². The van der Waals surface area contributed by atoms with Crippen LogP contribution in [0.2, 0.25) is 0 Å². The van der Waals surface area contributed by atoms with E-state index in [0.29, 0.717) is 12.1 Å². The van der Waals surface area contributed by atoms with Gasteiger partial charge in [0.05, 0.1) is 0 Å². The molecule has 1 atom stereocenters. The molecule has 1 unspecified atom stereocenters. The minimum absolute atomic E-state index is 0.325. The smallest absolute Gasteiger partial charge is 0.256 e. The number of nitrogens with zero attached hydrogens (tertiary/aromatic N) is 1. The molecule has 0 bridgehead atoms. The Hall–Kier alpha value is 0.310. The van der Waals surface area contributed by atoms with E-state index in [1.165, 1.54) is 7.11 Å². The highest BCUT2D eigenvalue weighted by molar-refractivity contribution is 7.43. The molecule has 68 valence electrons. The molecule has 0 amide bonds. The SMILES string of the molecule is COP(O)N(C(C)C)C(C)C. The molecule has 0 aliphatic heterocycles. The van der Waals surface area contributed by atoms with Crippen molar-refractivity contribution in [2.45, 2.75) is 39.8 Å². The Morgan fingerprint density at radius 3 is 1.64 bits per heavy atom. The van der Waals surface area contributed by atoms with Crippen LogP contribution in [0.3, 0.4) is 0 Å². The maximum absolute atomic E-state index is 9.43. The van der Waals surface area contributed by atoms with Crippen LogP contribution in [0.25, 0.3) is 0 Å². The Morgan fingerprint density at radius 1 is 1.18 bits per heavy atom. The zero-order valence-corrected chi connectivity index (χ0v) is 8.80. The van der Waals surface area contributed by atoms with E-state index in [4.69, 9.17) is 4.52 Å². The molecule has 0 aromatic rings. The Bertz CT molecular complexity index is 101. The lowest BCUT2D eigenvalue weighted by Gasteiger charge is -2.31. The third kappa shape index (κ3) is 3.48. The summed E-state index contributed by atoms with van der Waals surface area (Å²) in [7, 11) is 0.144. The Morgan fingerprint density at radius 2 is 1.55 bits per heavy atom. The highest BCUT2D eigenvalue weighted by Gasteiger charge is 2.22. The van der Waals surface area contributed by atoms with Gasteiger partial charge in [-0.1, -0.05) is 0 Å². The summed E-state index contributed by atoms with van der Waals surface area (Å²) in [6.45, 7) is 8.18. The highest BCUT2D eigenvalue weighted by Crippen LogP contribution is 2.38. The first-order valence-corrected chi connectivity index (χ1v) is 4.98. The zero-order chi connectivity index (χ0) is 9.02. The van der Waals surface area contributed by atoms with Gasteiger partial charge in [-0.05, 0) is 27.7 Å². The standard InChI is InChI=1S/C7H18NO2P/c1-6(2)8(7(3)4)11(9)10-5/h6-7,9H,1-5H3. The van der Waals surface area contributed by atoms with Crippen LogP contribution in [0.1, 0.15) is 27.7 Å². The first kappa shape index (κ1) is 11.3. The molecule has 0 rings (SSSR count). The highest BCUT2D eigenvalue weighted by atomic mass is 31.2. The second-order valence-corrected chi connectivity index (χ2v) is 4.34. The van der Waals surface area contributed by atoms with Gasteiger partial charge in [0, 0.05) is 19.2 Å². The summed E-state index contributed by atoms with van der Waals surface area (Å²) >= 11 is 0. The van der Waals surface area contributed by atoms with Crippen molar-refractivity contribution in [1.82, 2.24) is 4.67 Å². The van der Waals surface area contributed by atoms with E-state index < -0.39 is 8.53 Å². The lowest BCUT2D eigenvalue weighted by molar-refractivity contribution is 0.238. The predicted molar refractivity (Wildman–Crippen MR) is 48.3 cm³/mol. The largest absolute Gasteiger partial charge is 0.338 e. The zero-order valence-electron chi connectivity index (χ0n) is 7.90. The Kier molecular flexibility index (Phi) is 5.19. The predicted octanol–water partition coefficient (Wildman–Crippen LogP) is 1.97. The second kappa shape index (κ2) is 5.04. The molecular weight excluding hydrogens is 161 g/mol. The van der Waals surface area contributed by atoms with E-state index in [9.17, 15) is 4.89 Å². The van der Waals surface area contributed by atoms with Crippen LogP contribution in [-0.2, 0) is 4.52 Å². The normalized spacial score (nSPS) is 15.0. The summed E-state index contributed by atoms with van der Waals surface area (Å²) in [5, 5.41) is 0. The molecule has 0 spiro atoms. The maximum atomic E-state index is 9.43. The fourth-order valence-corrected chi connectivity index (χ4v) is 2.06. The Labute approximate surface area is 70.3 Å². The molecule has 0 fully saturated rings. The Balaban J connectivity index is 4.09. The summed E-state index contributed by atoms with van der Waals surface area (Å²) in [4.78, 5) is 9.43. The maximum Gasteiger partial charge on any atom is 0.256 e. The molecule has 3 nitrogen and oxygen atoms in total. The lowest BCUT2D eigenvalue weighted by atomic mass is 10.3. The van der Waals surface area contributed by atoms with Gasteiger partial charge < -0.3 is 9.42 Å². The van der Waals surface area contributed by atoms with Gasteiger partial charge in [0.1, 0.15) is 0 Å². The van der Waals surface area contributed by atoms with Gasteiger partial charge >= 0.3 is 0 Å². The summed E-state index contributed by atoms with van der Waals surface area (Å²) < 4.78 is 6.83. The molecule has 1 N–H and O–H groups in total. The van der Waals surface area contributed by atoms with Crippen LogP contribution >= 0.6 is 8.53 Å². The van der Waals surface area contributed by atoms with Gasteiger partial charge in [0.15, 0.2) is 0 Å². The molecule has 4 heteroatoms. The van der Waals surface area contributed by atoms with E-state index in [-0.39, 0.29) is 0 Å². The van der Waals surface area contributed by atoms with Crippen molar-refractivity contribution in [3.05, 3.63) is 0 Å². The van der Waals surface area contributed by atoms with Crippen LogP contribution in [0, 0.1) is 0 Å². The fourth-order valence-electron chi connectivity index (χ4n) is 1.09. The van der Waals surface area contributed by atoms with E-state index in [0.717, 1.165) is 0 Å². The van der Waals surface area contributed by atoms with E-state index in [1.807, 2.05) is 32.4 Å². The van der Waals surface area contributed by atoms with Gasteiger partial charge in [-0.3, -0.25) is 0 Å². The van der Waals surface area contributed by atoms with Crippen molar-refractivity contribution in [2.24, 2.45) is 0 Å². The van der Waals surface area contributed by atoms with Crippen molar-refractivity contribution in [1.29, 1.82) is 0 Å². The average molecular weight is 179 g/mol. The van der Waals surface area contributed by atoms with E-state index in [1.54, 1.807) is 0 Å². The summed E-state index contributed by atoms with van der Waals surface area (Å²) in [5.74, 6) is 0. The molecular formula is C7H18NO2P. The van der Waals surface area contributed by atoms with Crippen LogP contribution in [0.15, 0.2) is 0 Å². The first-order valence-electron chi connectivity index (χ1n) is 3.82. The van der Waals surface area contributed by atoms with Crippen molar-refractivity contribution in [2.75, 3.05) is 7.11 Å². The van der Waals surface area contributed by atoms with Gasteiger partial charge in [0.25, 0.3) is 8.53 Å². The average Bonchev–Trinajstić information content (AvgIpc) is 1.85. The molecule has 0 heterocycles. The van der Waals surface area contributed by atoms with Crippen LogP contribution in [-0.4, -0.2) is 28.8 Å². The van der Waals surface area contributed by atoms with Gasteiger partial charge in [-0.15, -0.1) is 0 Å². The van der Waals surface area contributed by atoms with Gasteiger partial charge in [-0.25, -0.2) is 4.67 Å². The molecule has 11 heavy (non-hydrogen) atoms. The summed E-state index contributed by atoms with van der Waals surface area (Å²) in [5.41, 5.74) is 0. The van der Waals surface area contributed by atoms with Crippen molar-refractivity contribution < 1.29 is 9.42 Å². The molecule has 0 aliphatic rings. The molecule has 0 aromatic carbocycles. The minimum Gasteiger partial charge on any atom is -0.338 e. The van der Waals surface area contributed by atoms with Gasteiger partial charge in [0.2, 0.25) is 0 Å². The second-order valence-electron chi connectivity index (χ2n) is 3.00. The van der Waals surface area contributed by atoms with Crippen molar-refractivity contribution in [3.63, 3.8) is 0 Å². The number of rotatable bonds is 4. The summed E-state index contributed by atoms with van der Waals surface area (Å²) in [6.07, 6.45) is 0. The molecule has 0 radical (unpaired) electrons. The quantitative estimate of drug-likeness (QED) is 0.670. The van der Waals surface area contributed by atoms with Crippen LogP contribution in [0.4, 0.5) is 0 Å². The summed E-state index contributed by atoms with van der Waals surface area (Å²) in [6, 6.07) is 0.650. The molecule has 0 aromatic heterocycles. The monoisotopic (exact) mass is 179 g/mol. The minimum atomic E-state index is -1.39. The van der Waals surface area contributed by atoms with Crippen LogP contribution in [0.5, 0.6) is 0 Å². The third-order valence-electron chi connectivity index (χ3n) is 1.42. The topological polar surface area (TPSA) is 32.7 Å². The lowest BCUT2D eigenvalue weighted by Crippen LogP contribution is -2.32. The van der Waals surface area contributed by atoms with E-state index >= 15 is 0 Å². The first-order chi connectivity index (χ1) is 5.00. The molecule has 0 saturated heterocycles. The van der Waals surface area contributed by atoms with Gasteiger partial charge in [-0.2, -0.15) is 0 Å². The van der Waals surface area contributed by atoms with E-state index in [2.05, 4.69) is 0 Å². The molecule has 0 saturated carbocycles.